The first-order chi connectivity index (χ1) is 5.39. The molecule has 0 aromatic heterocycles. The third-order valence-corrected chi connectivity index (χ3v) is 2.68. The maximum atomic E-state index is 9.64. The molecule has 0 bridgehead atoms. The Labute approximate surface area is 76.5 Å². The van der Waals surface area contributed by atoms with Crippen LogP contribution in [0.25, 0.3) is 0 Å². The molecule has 0 spiro atoms. The molecule has 1 nitrogen and oxygen atoms in total. The van der Waals surface area contributed by atoms with Crippen LogP contribution in [0.1, 0.15) is 40.5 Å². The SMILES string of the molecule is C=CC(C)(O)CCC(C)C(C)C. The van der Waals surface area contributed by atoms with Crippen LogP contribution in [0.3, 0.4) is 0 Å². The largest absolute Gasteiger partial charge is 0.386 e. The van der Waals surface area contributed by atoms with Crippen LogP contribution in [-0.2, 0) is 0 Å². The van der Waals surface area contributed by atoms with Crippen LogP contribution in [0.4, 0.5) is 0 Å². The van der Waals surface area contributed by atoms with Crippen molar-refractivity contribution in [3.63, 3.8) is 0 Å². The lowest BCUT2D eigenvalue weighted by molar-refractivity contribution is 0.0918. The molecule has 0 aromatic carbocycles. The van der Waals surface area contributed by atoms with Crippen LogP contribution >= 0.6 is 0 Å². The Morgan fingerprint density at radius 1 is 1.42 bits per heavy atom. The molecule has 0 aliphatic carbocycles. The van der Waals surface area contributed by atoms with Crippen molar-refractivity contribution >= 4 is 0 Å². The Morgan fingerprint density at radius 2 is 1.92 bits per heavy atom. The van der Waals surface area contributed by atoms with Gasteiger partial charge in [-0.3, -0.25) is 0 Å². The monoisotopic (exact) mass is 170 g/mol. The van der Waals surface area contributed by atoms with Gasteiger partial charge in [0.15, 0.2) is 0 Å². The maximum absolute atomic E-state index is 9.64. The lowest BCUT2D eigenvalue weighted by Gasteiger charge is -2.22. The van der Waals surface area contributed by atoms with Crippen molar-refractivity contribution in [2.24, 2.45) is 11.8 Å². The zero-order valence-electron chi connectivity index (χ0n) is 8.80. The van der Waals surface area contributed by atoms with Crippen LogP contribution in [0, 0.1) is 11.8 Å². The second-order valence-corrected chi connectivity index (χ2v) is 4.32. The Morgan fingerprint density at radius 3 is 2.25 bits per heavy atom. The van der Waals surface area contributed by atoms with Gasteiger partial charge in [0, 0.05) is 0 Å². The van der Waals surface area contributed by atoms with Crippen LogP contribution in [0.2, 0.25) is 0 Å². The normalized spacial score (nSPS) is 18.8. The predicted octanol–water partition coefficient (Wildman–Crippen LogP) is 3.00. The highest BCUT2D eigenvalue weighted by Gasteiger charge is 2.17. The van der Waals surface area contributed by atoms with Gasteiger partial charge in [-0.05, 0) is 31.6 Å². The van der Waals surface area contributed by atoms with Crippen molar-refractivity contribution in [3.05, 3.63) is 12.7 Å². The average molecular weight is 170 g/mol. The van der Waals surface area contributed by atoms with E-state index in [0.29, 0.717) is 11.8 Å². The van der Waals surface area contributed by atoms with E-state index in [1.807, 2.05) is 6.92 Å². The summed E-state index contributed by atoms with van der Waals surface area (Å²) in [4.78, 5) is 0. The van der Waals surface area contributed by atoms with Gasteiger partial charge in [-0.1, -0.05) is 26.8 Å². The molecule has 0 aliphatic rings. The zero-order valence-corrected chi connectivity index (χ0v) is 8.80. The average Bonchev–Trinajstić information content (AvgIpc) is 2.00. The molecule has 0 heterocycles. The molecule has 2 unspecified atom stereocenters. The minimum Gasteiger partial charge on any atom is -0.386 e. The standard InChI is InChI=1S/C11H22O/c1-6-11(5,12)8-7-10(4)9(2)3/h6,9-10,12H,1,7-8H2,2-5H3. The van der Waals surface area contributed by atoms with Gasteiger partial charge in [-0.25, -0.2) is 0 Å². The molecule has 0 saturated carbocycles. The molecule has 0 radical (unpaired) electrons. The highest BCUT2D eigenvalue weighted by Crippen LogP contribution is 2.21. The fourth-order valence-corrected chi connectivity index (χ4v) is 0.955. The fourth-order valence-electron chi connectivity index (χ4n) is 0.955. The van der Waals surface area contributed by atoms with Crippen molar-refractivity contribution in [2.45, 2.75) is 46.1 Å². The van der Waals surface area contributed by atoms with E-state index in [4.69, 9.17) is 0 Å². The van der Waals surface area contributed by atoms with Crippen LogP contribution in [0.5, 0.6) is 0 Å². The summed E-state index contributed by atoms with van der Waals surface area (Å²) in [6.07, 6.45) is 3.51. The molecule has 72 valence electrons. The lowest BCUT2D eigenvalue weighted by Crippen LogP contribution is -2.21. The summed E-state index contributed by atoms with van der Waals surface area (Å²) in [6, 6.07) is 0. The lowest BCUT2D eigenvalue weighted by atomic mass is 9.88. The van der Waals surface area contributed by atoms with E-state index in [1.165, 1.54) is 0 Å². The number of aliphatic hydroxyl groups is 1. The summed E-state index contributed by atoms with van der Waals surface area (Å²) < 4.78 is 0. The second-order valence-electron chi connectivity index (χ2n) is 4.32. The van der Waals surface area contributed by atoms with E-state index < -0.39 is 5.60 Å². The minimum atomic E-state index is -0.677. The van der Waals surface area contributed by atoms with Crippen molar-refractivity contribution in [1.29, 1.82) is 0 Å². The number of hydrogen-bond acceptors (Lipinski definition) is 1. The number of hydrogen-bond donors (Lipinski definition) is 1. The molecule has 12 heavy (non-hydrogen) atoms. The highest BCUT2D eigenvalue weighted by atomic mass is 16.3. The molecule has 0 saturated heterocycles. The Hall–Kier alpha value is -0.300. The molecule has 2 atom stereocenters. The molecule has 1 N–H and O–H groups in total. The van der Waals surface area contributed by atoms with Gasteiger partial charge in [0.1, 0.15) is 0 Å². The fraction of sp³-hybridized carbons (Fsp3) is 0.818. The third kappa shape index (κ3) is 4.55. The van der Waals surface area contributed by atoms with E-state index in [-0.39, 0.29) is 0 Å². The van der Waals surface area contributed by atoms with Crippen molar-refractivity contribution in [1.82, 2.24) is 0 Å². The molecule has 0 fully saturated rings. The summed E-state index contributed by atoms with van der Waals surface area (Å²) in [5, 5.41) is 9.64. The second kappa shape index (κ2) is 4.66. The maximum Gasteiger partial charge on any atom is 0.0797 e. The molecule has 0 aromatic rings. The van der Waals surface area contributed by atoms with Gasteiger partial charge in [-0.15, -0.1) is 6.58 Å². The van der Waals surface area contributed by atoms with E-state index in [2.05, 4.69) is 27.4 Å². The predicted molar refractivity (Wildman–Crippen MR) is 54.1 cm³/mol. The summed E-state index contributed by atoms with van der Waals surface area (Å²) >= 11 is 0. The molecular weight excluding hydrogens is 148 g/mol. The van der Waals surface area contributed by atoms with E-state index >= 15 is 0 Å². The molecule has 0 amide bonds. The minimum absolute atomic E-state index is 0.677. The summed E-state index contributed by atoms with van der Waals surface area (Å²) in [5.74, 6) is 1.38. The van der Waals surface area contributed by atoms with Crippen LogP contribution in [-0.4, -0.2) is 10.7 Å². The number of rotatable bonds is 5. The Kier molecular flexibility index (Phi) is 4.54. The van der Waals surface area contributed by atoms with Gasteiger partial charge in [0.05, 0.1) is 5.60 Å². The highest BCUT2D eigenvalue weighted by molar-refractivity contribution is 4.91. The van der Waals surface area contributed by atoms with Crippen LogP contribution in [0.15, 0.2) is 12.7 Å². The first-order valence-electron chi connectivity index (χ1n) is 4.75. The van der Waals surface area contributed by atoms with Crippen LogP contribution < -0.4 is 0 Å². The van der Waals surface area contributed by atoms with Crippen molar-refractivity contribution in [2.75, 3.05) is 0 Å². The van der Waals surface area contributed by atoms with Crippen molar-refractivity contribution < 1.29 is 5.11 Å². The third-order valence-electron chi connectivity index (χ3n) is 2.68. The van der Waals surface area contributed by atoms with E-state index in [0.717, 1.165) is 12.8 Å². The molecule has 0 rings (SSSR count). The smallest absolute Gasteiger partial charge is 0.0797 e. The Bertz CT molecular complexity index is 136. The Balaban J connectivity index is 3.75. The first kappa shape index (κ1) is 11.7. The quantitative estimate of drug-likeness (QED) is 0.629. The van der Waals surface area contributed by atoms with Gasteiger partial charge < -0.3 is 5.11 Å². The van der Waals surface area contributed by atoms with Gasteiger partial charge in [-0.2, -0.15) is 0 Å². The van der Waals surface area contributed by atoms with E-state index in [1.54, 1.807) is 6.08 Å². The summed E-state index contributed by atoms with van der Waals surface area (Å²) in [6.45, 7) is 12.1. The first-order valence-corrected chi connectivity index (χ1v) is 4.75. The zero-order chi connectivity index (χ0) is 9.78. The van der Waals surface area contributed by atoms with Gasteiger partial charge >= 0.3 is 0 Å². The van der Waals surface area contributed by atoms with Gasteiger partial charge in [0.25, 0.3) is 0 Å². The summed E-state index contributed by atoms with van der Waals surface area (Å²) in [7, 11) is 0. The molecular formula is C11H22O. The van der Waals surface area contributed by atoms with Crippen molar-refractivity contribution in [3.8, 4) is 0 Å². The van der Waals surface area contributed by atoms with Gasteiger partial charge in [0.2, 0.25) is 0 Å². The summed E-state index contributed by atoms with van der Waals surface area (Å²) in [5.41, 5.74) is -0.677. The molecule has 1 heteroatoms. The van der Waals surface area contributed by atoms with E-state index in [9.17, 15) is 5.11 Å². The molecule has 0 aliphatic heterocycles. The topological polar surface area (TPSA) is 20.2 Å².